The van der Waals surface area contributed by atoms with Crippen LogP contribution in [-0.2, 0) is 0 Å². The minimum absolute atomic E-state index is 0.785. The zero-order valence-electron chi connectivity index (χ0n) is 9.77. The molecule has 2 nitrogen and oxygen atoms in total. The van der Waals surface area contributed by atoms with Crippen molar-refractivity contribution in [2.75, 3.05) is 5.73 Å². The highest BCUT2D eigenvalue weighted by Gasteiger charge is 2.11. The van der Waals surface area contributed by atoms with Crippen LogP contribution in [0.1, 0.15) is 5.56 Å². The predicted molar refractivity (Wildman–Crippen MR) is 81.9 cm³/mol. The van der Waals surface area contributed by atoms with Gasteiger partial charge in [-0.1, -0.05) is 28.1 Å². The summed E-state index contributed by atoms with van der Waals surface area (Å²) in [5.74, 6) is 0. The SMILES string of the molecule is Cc1cccc(N)c1-c1nc2cc(Br)ccc2s1. The van der Waals surface area contributed by atoms with Gasteiger partial charge in [0.25, 0.3) is 0 Å². The summed E-state index contributed by atoms with van der Waals surface area (Å²) in [5.41, 5.74) is 10.1. The van der Waals surface area contributed by atoms with Crippen LogP contribution in [0.2, 0.25) is 0 Å². The smallest absolute Gasteiger partial charge is 0.126 e. The third-order valence-corrected chi connectivity index (χ3v) is 4.42. The van der Waals surface area contributed by atoms with Gasteiger partial charge in [0, 0.05) is 15.7 Å². The number of nitrogen functional groups attached to an aromatic ring is 1. The van der Waals surface area contributed by atoms with Crippen LogP contribution in [0.3, 0.4) is 0 Å². The van der Waals surface area contributed by atoms with E-state index < -0.39 is 0 Å². The Hall–Kier alpha value is -1.39. The molecule has 18 heavy (non-hydrogen) atoms. The number of hydrogen-bond acceptors (Lipinski definition) is 3. The minimum atomic E-state index is 0.785. The molecule has 2 N–H and O–H groups in total. The quantitative estimate of drug-likeness (QED) is 0.665. The molecule has 3 rings (SSSR count). The molecule has 4 heteroatoms. The molecule has 0 atom stereocenters. The Morgan fingerprint density at radius 3 is 2.83 bits per heavy atom. The number of anilines is 1. The summed E-state index contributed by atoms with van der Waals surface area (Å²) in [6.07, 6.45) is 0. The van der Waals surface area contributed by atoms with Crippen LogP contribution in [0, 0.1) is 6.92 Å². The van der Waals surface area contributed by atoms with Gasteiger partial charge in [0.15, 0.2) is 0 Å². The Morgan fingerprint density at radius 2 is 2.06 bits per heavy atom. The summed E-state index contributed by atoms with van der Waals surface area (Å²) in [7, 11) is 0. The van der Waals surface area contributed by atoms with E-state index in [2.05, 4.69) is 40.0 Å². The standard InChI is InChI=1S/C14H11BrN2S/c1-8-3-2-4-10(16)13(8)14-17-11-7-9(15)5-6-12(11)18-14/h2-7H,16H2,1H3. The Kier molecular flexibility index (Phi) is 2.84. The van der Waals surface area contributed by atoms with E-state index in [9.17, 15) is 0 Å². The summed E-state index contributed by atoms with van der Waals surface area (Å²) in [4.78, 5) is 4.67. The van der Waals surface area contributed by atoms with Crippen LogP contribution in [-0.4, -0.2) is 4.98 Å². The van der Waals surface area contributed by atoms with Crippen molar-refractivity contribution in [3.63, 3.8) is 0 Å². The fraction of sp³-hybridized carbons (Fsp3) is 0.0714. The van der Waals surface area contributed by atoms with E-state index in [1.807, 2.05) is 24.3 Å². The summed E-state index contributed by atoms with van der Waals surface area (Å²) in [5, 5.41) is 0.985. The van der Waals surface area contributed by atoms with Gasteiger partial charge in [-0.05, 0) is 36.8 Å². The maximum absolute atomic E-state index is 6.06. The van der Waals surface area contributed by atoms with E-state index in [1.165, 1.54) is 4.70 Å². The van der Waals surface area contributed by atoms with Gasteiger partial charge in [-0.2, -0.15) is 0 Å². The maximum Gasteiger partial charge on any atom is 0.126 e. The molecule has 1 aromatic heterocycles. The summed E-state index contributed by atoms with van der Waals surface area (Å²) < 4.78 is 2.22. The van der Waals surface area contributed by atoms with Crippen molar-refractivity contribution in [1.29, 1.82) is 0 Å². The number of nitrogens with two attached hydrogens (primary N) is 1. The summed E-state index contributed by atoms with van der Waals surface area (Å²) in [6.45, 7) is 2.06. The lowest BCUT2D eigenvalue weighted by molar-refractivity contribution is 1.41. The highest BCUT2D eigenvalue weighted by Crippen LogP contribution is 2.36. The number of hydrogen-bond donors (Lipinski definition) is 1. The number of rotatable bonds is 1. The van der Waals surface area contributed by atoms with Crippen LogP contribution < -0.4 is 5.73 Å². The van der Waals surface area contributed by atoms with Crippen molar-refractivity contribution in [2.24, 2.45) is 0 Å². The van der Waals surface area contributed by atoms with Crippen molar-refractivity contribution in [3.8, 4) is 10.6 Å². The lowest BCUT2D eigenvalue weighted by Crippen LogP contribution is -1.91. The normalized spacial score (nSPS) is 11.0. The van der Waals surface area contributed by atoms with Crippen molar-refractivity contribution >= 4 is 43.2 Å². The van der Waals surface area contributed by atoms with E-state index in [-0.39, 0.29) is 0 Å². The molecule has 90 valence electrons. The molecule has 0 saturated heterocycles. The third kappa shape index (κ3) is 1.91. The van der Waals surface area contributed by atoms with Crippen LogP contribution >= 0.6 is 27.3 Å². The molecule has 3 aromatic rings. The second-order valence-corrected chi connectivity index (χ2v) is 6.12. The predicted octanol–water partition coefficient (Wildman–Crippen LogP) is 4.62. The van der Waals surface area contributed by atoms with E-state index in [1.54, 1.807) is 11.3 Å². The molecule has 0 aliphatic carbocycles. The molecule has 0 radical (unpaired) electrons. The van der Waals surface area contributed by atoms with E-state index >= 15 is 0 Å². The van der Waals surface area contributed by atoms with Gasteiger partial charge in [0.1, 0.15) is 5.01 Å². The van der Waals surface area contributed by atoms with Crippen molar-refractivity contribution in [1.82, 2.24) is 4.98 Å². The fourth-order valence-corrected chi connectivity index (χ4v) is 3.42. The highest BCUT2D eigenvalue weighted by molar-refractivity contribution is 9.10. The average Bonchev–Trinajstić information content (AvgIpc) is 2.71. The lowest BCUT2D eigenvalue weighted by Gasteiger charge is -2.05. The van der Waals surface area contributed by atoms with Crippen molar-refractivity contribution < 1.29 is 0 Å². The molecule has 0 spiro atoms. The first kappa shape index (κ1) is 11.7. The molecular formula is C14H11BrN2S. The first-order valence-electron chi connectivity index (χ1n) is 5.57. The second-order valence-electron chi connectivity index (χ2n) is 4.17. The maximum atomic E-state index is 6.06. The third-order valence-electron chi connectivity index (χ3n) is 2.87. The Labute approximate surface area is 118 Å². The first-order valence-corrected chi connectivity index (χ1v) is 7.17. The summed E-state index contributed by atoms with van der Waals surface area (Å²) in [6, 6.07) is 12.1. The van der Waals surface area contributed by atoms with Crippen molar-refractivity contribution in [3.05, 3.63) is 46.4 Å². The molecule has 0 saturated carbocycles. The second kappa shape index (κ2) is 4.37. The van der Waals surface area contributed by atoms with Gasteiger partial charge in [-0.25, -0.2) is 4.98 Å². The van der Waals surface area contributed by atoms with E-state index in [4.69, 9.17) is 5.73 Å². The molecule has 0 bridgehead atoms. The van der Waals surface area contributed by atoms with Crippen LogP contribution in [0.25, 0.3) is 20.8 Å². The largest absolute Gasteiger partial charge is 0.398 e. The van der Waals surface area contributed by atoms with E-state index in [0.29, 0.717) is 0 Å². The topological polar surface area (TPSA) is 38.9 Å². The van der Waals surface area contributed by atoms with Crippen LogP contribution in [0.5, 0.6) is 0 Å². The number of aromatic nitrogens is 1. The monoisotopic (exact) mass is 318 g/mol. The molecule has 0 fully saturated rings. The fourth-order valence-electron chi connectivity index (χ4n) is 1.99. The number of halogens is 1. The number of nitrogens with zero attached hydrogens (tertiary/aromatic N) is 1. The van der Waals surface area contributed by atoms with Crippen LogP contribution in [0.4, 0.5) is 5.69 Å². The Morgan fingerprint density at radius 1 is 1.22 bits per heavy atom. The molecule has 2 aromatic carbocycles. The van der Waals surface area contributed by atoms with Gasteiger partial charge < -0.3 is 5.73 Å². The average molecular weight is 319 g/mol. The van der Waals surface area contributed by atoms with E-state index in [0.717, 1.165) is 31.8 Å². The molecular weight excluding hydrogens is 308 g/mol. The number of thiazole rings is 1. The summed E-state index contributed by atoms with van der Waals surface area (Å²) >= 11 is 5.14. The van der Waals surface area contributed by atoms with Gasteiger partial charge in [-0.15, -0.1) is 11.3 Å². The first-order chi connectivity index (χ1) is 8.65. The number of aryl methyl sites for hydroxylation is 1. The molecule has 1 heterocycles. The Bertz CT molecular complexity index is 713. The Balaban J connectivity index is 2.26. The van der Waals surface area contributed by atoms with Crippen molar-refractivity contribution in [2.45, 2.75) is 6.92 Å². The molecule has 0 aliphatic rings. The molecule has 0 aliphatic heterocycles. The van der Waals surface area contributed by atoms with Gasteiger partial charge in [-0.3, -0.25) is 0 Å². The number of benzene rings is 2. The number of fused-ring (bicyclic) bond motifs is 1. The van der Waals surface area contributed by atoms with Gasteiger partial charge >= 0.3 is 0 Å². The zero-order valence-corrected chi connectivity index (χ0v) is 12.2. The molecule has 0 amide bonds. The highest BCUT2D eigenvalue weighted by atomic mass is 79.9. The lowest BCUT2D eigenvalue weighted by atomic mass is 10.1. The molecule has 0 unspecified atom stereocenters. The minimum Gasteiger partial charge on any atom is -0.398 e. The van der Waals surface area contributed by atoms with Gasteiger partial charge in [0.05, 0.1) is 10.2 Å². The van der Waals surface area contributed by atoms with Crippen LogP contribution in [0.15, 0.2) is 40.9 Å². The zero-order chi connectivity index (χ0) is 12.7. The van der Waals surface area contributed by atoms with Gasteiger partial charge in [0.2, 0.25) is 0 Å².